The summed E-state index contributed by atoms with van der Waals surface area (Å²) < 4.78 is 0. The van der Waals surface area contributed by atoms with Crippen molar-refractivity contribution in [2.45, 2.75) is 79.6 Å². The number of aliphatic imine (C=N–C) groups is 1. The molecule has 3 heteroatoms. The van der Waals surface area contributed by atoms with Gasteiger partial charge in [-0.15, -0.1) is 47.8 Å². The minimum atomic E-state index is 0. The predicted octanol–water partition coefficient (Wildman–Crippen LogP) is 13.1. The van der Waals surface area contributed by atoms with E-state index >= 15 is 0 Å². The monoisotopic (exact) mass is 792 g/mol. The number of hydrogen-bond acceptors (Lipinski definition) is 1. The Morgan fingerprint density at radius 1 is 0.681 bits per heavy atom. The average molecular weight is 791 g/mol. The Labute approximate surface area is 307 Å². The van der Waals surface area contributed by atoms with E-state index in [1.165, 1.54) is 34.5 Å². The van der Waals surface area contributed by atoms with Crippen LogP contribution in [0.4, 0.5) is 5.69 Å². The van der Waals surface area contributed by atoms with E-state index in [0.717, 1.165) is 41.8 Å². The molecule has 2 nitrogen and oxygen atoms in total. The molecule has 250 valence electrons. The molecule has 0 N–H and O–H groups in total. The Morgan fingerprint density at radius 3 is 1.40 bits per heavy atom. The van der Waals surface area contributed by atoms with Gasteiger partial charge in [-0.2, -0.15) is 73.9 Å². The number of allylic oxidation sites excluding steroid dienone is 2. The zero-order chi connectivity index (χ0) is 33.9. The Hall–Kier alpha value is -3.43. The van der Waals surface area contributed by atoms with Gasteiger partial charge in [0.15, 0.2) is 0 Å². The van der Waals surface area contributed by atoms with Gasteiger partial charge in [-0.05, 0) is 31.6 Å². The quantitative estimate of drug-likeness (QED) is 0.101. The SMILES string of the molecule is CCCCN=C1C([N-]c2c(C(C)C)cccc2C(C)C)=C(C)CC1C.[CH2-]c1ccccc1.[CH2-]c1ccccc1.[CH2-]c1ccccc1.[Hf]. The maximum absolute atomic E-state index is 5.24. The summed E-state index contributed by atoms with van der Waals surface area (Å²) in [4.78, 5) is 4.94. The van der Waals surface area contributed by atoms with Crippen LogP contribution in [0.15, 0.2) is 125 Å². The number of para-hydroxylation sites is 1. The molecule has 1 aliphatic rings. The van der Waals surface area contributed by atoms with Crippen molar-refractivity contribution in [2.75, 3.05) is 6.54 Å². The largest absolute Gasteiger partial charge is 0.656 e. The van der Waals surface area contributed by atoms with Crippen molar-refractivity contribution in [3.05, 3.63) is 174 Å². The van der Waals surface area contributed by atoms with Crippen LogP contribution in [0, 0.1) is 26.7 Å². The van der Waals surface area contributed by atoms with E-state index in [0.29, 0.717) is 17.8 Å². The third-order valence-electron chi connectivity index (χ3n) is 7.61. The molecule has 4 aromatic rings. The van der Waals surface area contributed by atoms with Crippen LogP contribution in [0.2, 0.25) is 0 Å². The molecule has 0 bridgehead atoms. The molecule has 1 aliphatic carbocycles. The summed E-state index contributed by atoms with van der Waals surface area (Å²) in [6, 6.07) is 36.3. The fourth-order valence-corrected chi connectivity index (χ4v) is 5.03. The average Bonchev–Trinajstić information content (AvgIpc) is 3.30. The van der Waals surface area contributed by atoms with Crippen molar-refractivity contribution in [1.29, 1.82) is 0 Å². The van der Waals surface area contributed by atoms with Crippen LogP contribution in [0.1, 0.15) is 107 Å². The number of unbranched alkanes of at least 4 members (excludes halogenated alkanes) is 1. The second-order valence-electron chi connectivity index (χ2n) is 12.5. The minimum Gasteiger partial charge on any atom is -0.656 e. The summed E-state index contributed by atoms with van der Waals surface area (Å²) in [5.74, 6) is 1.43. The number of rotatable bonds is 7. The number of benzene rings is 4. The van der Waals surface area contributed by atoms with E-state index in [9.17, 15) is 0 Å². The van der Waals surface area contributed by atoms with Crippen LogP contribution >= 0.6 is 0 Å². The van der Waals surface area contributed by atoms with Crippen LogP contribution in [0.25, 0.3) is 5.32 Å². The van der Waals surface area contributed by atoms with Gasteiger partial charge in [0, 0.05) is 44.0 Å². The molecule has 0 fully saturated rings. The summed E-state index contributed by atoms with van der Waals surface area (Å²) in [5, 5.41) is 5.24. The Balaban J connectivity index is 0.000000401. The minimum absolute atomic E-state index is 0. The first-order valence-corrected chi connectivity index (χ1v) is 16.7. The summed E-state index contributed by atoms with van der Waals surface area (Å²) in [6.45, 7) is 27.8. The molecule has 0 spiro atoms. The van der Waals surface area contributed by atoms with Crippen molar-refractivity contribution < 1.29 is 25.8 Å². The maximum atomic E-state index is 5.24. The number of hydrogen-bond donors (Lipinski definition) is 0. The fraction of sp³-hybridized carbons (Fsp3) is 0.318. The normalized spacial score (nSPS) is 14.2. The van der Waals surface area contributed by atoms with Crippen molar-refractivity contribution in [3.8, 4) is 0 Å². The molecule has 4 aromatic carbocycles. The van der Waals surface area contributed by atoms with Gasteiger partial charge in [0.05, 0.1) is 0 Å². The molecule has 0 radical (unpaired) electrons. The molecule has 0 aromatic heterocycles. The summed E-state index contributed by atoms with van der Waals surface area (Å²) in [5.41, 5.74) is 10.8. The van der Waals surface area contributed by atoms with Crippen molar-refractivity contribution in [3.63, 3.8) is 0 Å². The van der Waals surface area contributed by atoms with Gasteiger partial charge in [-0.1, -0.05) is 101 Å². The van der Waals surface area contributed by atoms with Crippen LogP contribution in [-0.4, -0.2) is 12.3 Å². The molecule has 0 saturated heterocycles. The van der Waals surface area contributed by atoms with Crippen molar-refractivity contribution >= 4 is 11.4 Å². The standard InChI is InChI=1S/C23H35N2.3C7H7.Hf/c1-8-9-13-24-21-17(6)14-18(7)22(21)25-23-19(15(2)3)11-10-12-20(23)16(4)5;3*1-7-5-3-2-4-6-7;/h10-12,15-17H,8-9,13-14H2,1-7H3;3*2-6H,1H2;/q4*-1;. The second-order valence-corrected chi connectivity index (χ2v) is 12.5. The molecule has 0 saturated carbocycles. The van der Waals surface area contributed by atoms with Gasteiger partial charge in [0.2, 0.25) is 0 Å². The first-order chi connectivity index (χ1) is 22.0. The van der Waals surface area contributed by atoms with E-state index in [2.05, 4.69) is 87.4 Å². The zero-order valence-corrected chi connectivity index (χ0v) is 33.6. The van der Waals surface area contributed by atoms with Crippen molar-refractivity contribution in [2.24, 2.45) is 10.9 Å². The van der Waals surface area contributed by atoms with Crippen LogP contribution in [-0.2, 0) is 25.8 Å². The second kappa shape index (κ2) is 23.0. The Kier molecular flexibility index (Phi) is 20.3. The Morgan fingerprint density at radius 2 is 1.09 bits per heavy atom. The van der Waals surface area contributed by atoms with Gasteiger partial charge in [-0.25, -0.2) is 0 Å². The van der Waals surface area contributed by atoms with Gasteiger partial charge < -0.3 is 5.32 Å². The summed E-state index contributed by atoms with van der Waals surface area (Å²) >= 11 is 0. The van der Waals surface area contributed by atoms with Gasteiger partial charge in [0.25, 0.3) is 0 Å². The van der Waals surface area contributed by atoms with Crippen LogP contribution in [0.5, 0.6) is 0 Å². The number of nitrogens with zero attached hydrogens (tertiary/aromatic N) is 2. The van der Waals surface area contributed by atoms with Gasteiger partial charge >= 0.3 is 0 Å². The van der Waals surface area contributed by atoms with Gasteiger partial charge in [-0.3, -0.25) is 4.99 Å². The van der Waals surface area contributed by atoms with E-state index in [-0.39, 0.29) is 25.8 Å². The van der Waals surface area contributed by atoms with Gasteiger partial charge in [0.1, 0.15) is 0 Å². The molecule has 5 rings (SSSR count). The maximum Gasteiger partial charge on any atom is 0.0392 e. The van der Waals surface area contributed by atoms with E-state index in [1.807, 2.05) is 91.0 Å². The van der Waals surface area contributed by atoms with E-state index in [1.54, 1.807) is 0 Å². The first-order valence-electron chi connectivity index (χ1n) is 16.7. The van der Waals surface area contributed by atoms with E-state index < -0.39 is 0 Å². The fourth-order valence-electron chi connectivity index (χ4n) is 5.03. The predicted molar refractivity (Wildman–Crippen MR) is 204 cm³/mol. The van der Waals surface area contributed by atoms with Crippen LogP contribution in [0.3, 0.4) is 0 Å². The summed E-state index contributed by atoms with van der Waals surface area (Å²) in [6.07, 6.45) is 3.43. The molecule has 0 heterocycles. The zero-order valence-electron chi connectivity index (χ0n) is 30.0. The molecule has 0 aliphatic heterocycles. The molecular formula is C44H56HfN2-4. The third-order valence-corrected chi connectivity index (χ3v) is 7.61. The third kappa shape index (κ3) is 15.3. The van der Waals surface area contributed by atoms with E-state index in [4.69, 9.17) is 10.3 Å². The molecule has 0 amide bonds. The van der Waals surface area contributed by atoms with Crippen LogP contribution < -0.4 is 0 Å². The molecule has 1 unspecified atom stereocenters. The smallest absolute Gasteiger partial charge is 0.0392 e. The molecular weight excluding hydrogens is 735 g/mol. The Bertz CT molecular complexity index is 1340. The summed E-state index contributed by atoms with van der Waals surface area (Å²) in [7, 11) is 0. The molecule has 1 atom stereocenters. The molecule has 47 heavy (non-hydrogen) atoms. The first kappa shape index (κ1) is 41.6. The van der Waals surface area contributed by atoms with Crippen molar-refractivity contribution in [1.82, 2.24) is 0 Å². The topological polar surface area (TPSA) is 26.5 Å².